The van der Waals surface area contributed by atoms with Crippen molar-refractivity contribution in [1.29, 1.82) is 0 Å². The Morgan fingerprint density at radius 1 is 1.00 bits per heavy atom. The lowest BCUT2D eigenvalue weighted by atomic mass is 10.00. The number of piperidine rings is 1. The maximum Gasteiger partial charge on any atom is 0.0900 e. The molecule has 0 spiro atoms. The van der Waals surface area contributed by atoms with Crippen molar-refractivity contribution in [3.63, 3.8) is 0 Å². The van der Waals surface area contributed by atoms with Crippen LogP contribution in [0.4, 0.5) is 5.69 Å². The third-order valence-corrected chi connectivity index (χ3v) is 5.70. The highest BCUT2D eigenvalue weighted by molar-refractivity contribution is 5.46. The molecule has 4 heteroatoms. The van der Waals surface area contributed by atoms with E-state index in [1.165, 1.54) is 16.8 Å². The third-order valence-electron chi connectivity index (χ3n) is 5.70. The molecule has 4 rings (SSSR count). The Morgan fingerprint density at radius 3 is 2.63 bits per heavy atom. The predicted octanol–water partition coefficient (Wildman–Crippen LogP) is 3.09. The van der Waals surface area contributed by atoms with Crippen LogP contribution in [0.1, 0.15) is 24.0 Å². The molecule has 2 aliphatic heterocycles. The number of aliphatic hydroxyl groups excluding tert-OH is 1. The number of hydrogen-bond acceptors (Lipinski definition) is 4. The molecule has 1 N–H and O–H groups in total. The Hall–Kier alpha value is -1.88. The first kappa shape index (κ1) is 18.5. The van der Waals surface area contributed by atoms with Crippen molar-refractivity contribution in [2.45, 2.75) is 38.0 Å². The Kier molecular flexibility index (Phi) is 6.07. The van der Waals surface area contributed by atoms with Crippen LogP contribution in [-0.4, -0.2) is 55.0 Å². The quantitative estimate of drug-likeness (QED) is 0.852. The first-order valence-corrected chi connectivity index (χ1v) is 10.2. The van der Waals surface area contributed by atoms with E-state index in [0.29, 0.717) is 13.2 Å². The summed E-state index contributed by atoms with van der Waals surface area (Å²) in [5.74, 6) is 0. The SMILES string of the molecule is OC(COC1CCCN(c2ccccc2)C1)CN1CCc2ccccc2C1. The molecular weight excluding hydrogens is 336 g/mol. The molecule has 0 radical (unpaired) electrons. The third kappa shape index (κ3) is 4.89. The molecule has 1 fully saturated rings. The van der Waals surface area contributed by atoms with Crippen molar-refractivity contribution < 1.29 is 9.84 Å². The zero-order valence-electron chi connectivity index (χ0n) is 16.0. The van der Waals surface area contributed by atoms with E-state index in [-0.39, 0.29) is 6.10 Å². The fourth-order valence-electron chi connectivity index (χ4n) is 4.26. The minimum Gasteiger partial charge on any atom is -0.389 e. The fraction of sp³-hybridized carbons (Fsp3) is 0.478. The summed E-state index contributed by atoms with van der Waals surface area (Å²) in [5.41, 5.74) is 4.10. The van der Waals surface area contributed by atoms with Gasteiger partial charge in [-0.3, -0.25) is 4.90 Å². The average molecular weight is 367 g/mol. The number of benzene rings is 2. The Morgan fingerprint density at radius 2 is 1.78 bits per heavy atom. The molecular formula is C23H30N2O2. The highest BCUT2D eigenvalue weighted by Crippen LogP contribution is 2.22. The number of fused-ring (bicyclic) bond motifs is 1. The number of ether oxygens (including phenoxy) is 1. The molecule has 2 aromatic carbocycles. The second-order valence-corrected chi connectivity index (χ2v) is 7.79. The zero-order chi connectivity index (χ0) is 18.5. The molecule has 0 amide bonds. The van der Waals surface area contributed by atoms with Crippen molar-refractivity contribution in [2.24, 2.45) is 0 Å². The minimum absolute atomic E-state index is 0.204. The molecule has 2 aromatic rings. The van der Waals surface area contributed by atoms with E-state index in [4.69, 9.17) is 4.74 Å². The molecule has 1 saturated heterocycles. The lowest BCUT2D eigenvalue weighted by Crippen LogP contribution is -2.42. The number of para-hydroxylation sites is 1. The van der Waals surface area contributed by atoms with E-state index >= 15 is 0 Å². The smallest absolute Gasteiger partial charge is 0.0900 e. The predicted molar refractivity (Wildman–Crippen MR) is 109 cm³/mol. The molecule has 2 heterocycles. The molecule has 0 bridgehead atoms. The zero-order valence-corrected chi connectivity index (χ0v) is 16.0. The van der Waals surface area contributed by atoms with Gasteiger partial charge >= 0.3 is 0 Å². The minimum atomic E-state index is -0.428. The van der Waals surface area contributed by atoms with E-state index in [0.717, 1.165) is 45.4 Å². The second-order valence-electron chi connectivity index (χ2n) is 7.79. The maximum atomic E-state index is 10.5. The standard InChI is InChI=1S/C23H30N2O2/c26-22(16-24-14-12-19-7-4-5-8-20(19)15-24)18-27-23-11-6-13-25(17-23)21-9-2-1-3-10-21/h1-5,7-10,22-23,26H,6,11-18H2. The number of anilines is 1. The second kappa shape index (κ2) is 8.87. The molecule has 2 aliphatic rings. The van der Waals surface area contributed by atoms with Crippen molar-refractivity contribution >= 4 is 5.69 Å². The first-order valence-electron chi connectivity index (χ1n) is 10.2. The van der Waals surface area contributed by atoms with Crippen LogP contribution in [0.5, 0.6) is 0 Å². The monoisotopic (exact) mass is 366 g/mol. The van der Waals surface area contributed by atoms with Crippen LogP contribution in [0.15, 0.2) is 54.6 Å². The van der Waals surface area contributed by atoms with E-state index in [2.05, 4.69) is 64.4 Å². The molecule has 4 nitrogen and oxygen atoms in total. The Balaban J connectivity index is 1.23. The topological polar surface area (TPSA) is 35.9 Å². The number of nitrogens with zero attached hydrogens (tertiary/aromatic N) is 2. The van der Waals surface area contributed by atoms with E-state index < -0.39 is 6.10 Å². The van der Waals surface area contributed by atoms with Crippen molar-refractivity contribution in [1.82, 2.24) is 4.90 Å². The lowest BCUT2D eigenvalue weighted by Gasteiger charge is -2.35. The van der Waals surface area contributed by atoms with Gasteiger partial charge in [0, 0.05) is 38.4 Å². The van der Waals surface area contributed by atoms with E-state index in [9.17, 15) is 5.11 Å². The van der Waals surface area contributed by atoms with Crippen LogP contribution < -0.4 is 4.90 Å². The molecule has 27 heavy (non-hydrogen) atoms. The fourth-order valence-corrected chi connectivity index (χ4v) is 4.26. The van der Waals surface area contributed by atoms with Gasteiger partial charge in [0.1, 0.15) is 0 Å². The molecule has 0 saturated carbocycles. The Bertz CT molecular complexity index is 721. The number of hydrogen-bond donors (Lipinski definition) is 1. The summed E-state index contributed by atoms with van der Waals surface area (Å²) in [7, 11) is 0. The van der Waals surface area contributed by atoms with Gasteiger partial charge in [-0.2, -0.15) is 0 Å². The Labute approximate surface area is 162 Å². The summed E-state index contributed by atoms with van der Waals surface area (Å²) in [5, 5.41) is 10.5. The van der Waals surface area contributed by atoms with Gasteiger partial charge in [-0.1, -0.05) is 42.5 Å². The summed E-state index contributed by atoms with van der Waals surface area (Å²) in [6.45, 7) is 5.04. The summed E-state index contributed by atoms with van der Waals surface area (Å²) < 4.78 is 6.09. The van der Waals surface area contributed by atoms with Crippen LogP contribution in [-0.2, 0) is 17.7 Å². The number of rotatable bonds is 6. The van der Waals surface area contributed by atoms with E-state index in [1.807, 2.05) is 0 Å². The van der Waals surface area contributed by atoms with Gasteiger partial charge in [-0.25, -0.2) is 0 Å². The molecule has 144 valence electrons. The van der Waals surface area contributed by atoms with Crippen molar-refractivity contribution in [3.8, 4) is 0 Å². The summed E-state index contributed by atoms with van der Waals surface area (Å²) in [6, 6.07) is 19.2. The van der Waals surface area contributed by atoms with Crippen molar-refractivity contribution in [2.75, 3.05) is 37.7 Å². The highest BCUT2D eigenvalue weighted by atomic mass is 16.5. The van der Waals surface area contributed by atoms with Gasteiger partial charge in [0.15, 0.2) is 0 Å². The number of aliphatic hydroxyl groups is 1. The highest BCUT2D eigenvalue weighted by Gasteiger charge is 2.23. The summed E-state index contributed by atoms with van der Waals surface area (Å²) in [6.07, 6.45) is 3.06. The average Bonchev–Trinajstić information content (AvgIpc) is 2.73. The van der Waals surface area contributed by atoms with Gasteiger partial charge in [-0.05, 0) is 42.5 Å². The van der Waals surface area contributed by atoms with Crippen LogP contribution in [0, 0.1) is 0 Å². The van der Waals surface area contributed by atoms with Gasteiger partial charge in [0.05, 0.1) is 18.8 Å². The van der Waals surface area contributed by atoms with Crippen LogP contribution >= 0.6 is 0 Å². The summed E-state index contributed by atoms with van der Waals surface area (Å²) >= 11 is 0. The van der Waals surface area contributed by atoms with Gasteiger partial charge in [0.2, 0.25) is 0 Å². The maximum absolute atomic E-state index is 10.5. The van der Waals surface area contributed by atoms with Crippen LogP contribution in [0.25, 0.3) is 0 Å². The van der Waals surface area contributed by atoms with Gasteiger partial charge in [-0.15, -0.1) is 0 Å². The molecule has 0 aromatic heterocycles. The molecule has 2 atom stereocenters. The molecule has 0 aliphatic carbocycles. The largest absolute Gasteiger partial charge is 0.389 e. The lowest BCUT2D eigenvalue weighted by molar-refractivity contribution is -0.0263. The van der Waals surface area contributed by atoms with Gasteiger partial charge < -0.3 is 14.7 Å². The van der Waals surface area contributed by atoms with Gasteiger partial charge in [0.25, 0.3) is 0 Å². The normalized spacial score (nSPS) is 21.7. The first-order chi connectivity index (χ1) is 13.3. The van der Waals surface area contributed by atoms with Crippen LogP contribution in [0.2, 0.25) is 0 Å². The van der Waals surface area contributed by atoms with Crippen LogP contribution in [0.3, 0.4) is 0 Å². The molecule has 2 unspecified atom stereocenters. The number of β-amino-alcohol motifs (C(OH)–C–C–N with tert-alkyl or cyclic N) is 1. The van der Waals surface area contributed by atoms with Crippen molar-refractivity contribution in [3.05, 3.63) is 65.7 Å². The summed E-state index contributed by atoms with van der Waals surface area (Å²) in [4.78, 5) is 4.73. The van der Waals surface area contributed by atoms with E-state index in [1.54, 1.807) is 0 Å².